The molecule has 0 heterocycles. The molecule has 0 saturated heterocycles. The second-order valence-corrected chi connectivity index (χ2v) is 4.59. The van der Waals surface area contributed by atoms with Gasteiger partial charge in [-0.1, -0.05) is 13.3 Å². The van der Waals surface area contributed by atoms with Gasteiger partial charge in [-0.2, -0.15) is 0 Å². The summed E-state index contributed by atoms with van der Waals surface area (Å²) in [5.41, 5.74) is 5.48. The number of unbranched alkanes of at least 4 members (excludes halogenated alkanes) is 2. The third-order valence-corrected chi connectivity index (χ3v) is 2.93. The van der Waals surface area contributed by atoms with Crippen LogP contribution in [0.25, 0.3) is 0 Å². The summed E-state index contributed by atoms with van der Waals surface area (Å²) in [6.45, 7) is 7.08. The molecule has 2 N–H and O–H groups in total. The van der Waals surface area contributed by atoms with E-state index in [1.165, 1.54) is 58.2 Å². The maximum absolute atomic E-state index is 5.48. The molecule has 0 atom stereocenters. The zero-order valence-corrected chi connectivity index (χ0v) is 9.67. The van der Waals surface area contributed by atoms with Gasteiger partial charge in [0.2, 0.25) is 0 Å². The molecule has 0 radical (unpaired) electrons. The molecule has 14 heavy (non-hydrogen) atoms. The van der Waals surface area contributed by atoms with E-state index in [0.717, 1.165) is 12.5 Å². The largest absolute Gasteiger partial charge is 0.330 e. The van der Waals surface area contributed by atoms with E-state index < -0.39 is 0 Å². The smallest absolute Gasteiger partial charge is 0.000966 e. The molecule has 0 aliphatic heterocycles. The molecule has 0 aromatic rings. The minimum absolute atomic E-state index is 0.858. The molecule has 84 valence electrons. The third-order valence-electron chi connectivity index (χ3n) is 2.93. The average Bonchev–Trinajstić information content (AvgIpc) is 2.96. The van der Waals surface area contributed by atoms with Crippen molar-refractivity contribution in [2.24, 2.45) is 11.7 Å². The van der Waals surface area contributed by atoms with Crippen LogP contribution in [0.15, 0.2) is 0 Å². The van der Waals surface area contributed by atoms with Crippen LogP contribution in [0.1, 0.15) is 45.4 Å². The number of nitrogens with two attached hydrogens (primary N) is 1. The molecule has 1 rings (SSSR count). The minimum Gasteiger partial charge on any atom is -0.330 e. The second-order valence-electron chi connectivity index (χ2n) is 4.59. The van der Waals surface area contributed by atoms with Crippen LogP contribution < -0.4 is 5.73 Å². The Balaban J connectivity index is 2.01. The zero-order valence-electron chi connectivity index (χ0n) is 9.67. The highest BCUT2D eigenvalue weighted by Gasteiger charge is 2.23. The van der Waals surface area contributed by atoms with Crippen LogP contribution in [0.3, 0.4) is 0 Å². The van der Waals surface area contributed by atoms with Crippen LogP contribution in [-0.4, -0.2) is 31.1 Å². The standard InChI is InChI=1S/C12H26N2/c1-2-9-14(11-12-6-7-12)10-5-3-4-8-13/h12H,2-11,13H2,1H3. The maximum atomic E-state index is 5.48. The van der Waals surface area contributed by atoms with Gasteiger partial charge in [0.15, 0.2) is 0 Å². The van der Waals surface area contributed by atoms with Crippen LogP contribution >= 0.6 is 0 Å². The molecule has 1 fully saturated rings. The van der Waals surface area contributed by atoms with Gasteiger partial charge in [-0.05, 0) is 57.7 Å². The van der Waals surface area contributed by atoms with Gasteiger partial charge < -0.3 is 10.6 Å². The van der Waals surface area contributed by atoms with E-state index in [-0.39, 0.29) is 0 Å². The molecule has 2 nitrogen and oxygen atoms in total. The van der Waals surface area contributed by atoms with Gasteiger partial charge in [0, 0.05) is 6.54 Å². The normalized spacial score (nSPS) is 16.5. The van der Waals surface area contributed by atoms with E-state index in [2.05, 4.69) is 11.8 Å². The van der Waals surface area contributed by atoms with Gasteiger partial charge >= 0.3 is 0 Å². The van der Waals surface area contributed by atoms with Gasteiger partial charge in [-0.3, -0.25) is 0 Å². The molecular formula is C12H26N2. The highest BCUT2D eigenvalue weighted by Crippen LogP contribution is 2.29. The summed E-state index contributed by atoms with van der Waals surface area (Å²) in [6, 6.07) is 0. The van der Waals surface area contributed by atoms with E-state index in [9.17, 15) is 0 Å². The van der Waals surface area contributed by atoms with Gasteiger partial charge in [-0.15, -0.1) is 0 Å². The molecule has 0 spiro atoms. The summed E-state index contributed by atoms with van der Waals surface area (Å²) in [4.78, 5) is 2.65. The lowest BCUT2D eigenvalue weighted by Gasteiger charge is -2.21. The van der Waals surface area contributed by atoms with Gasteiger partial charge in [0.25, 0.3) is 0 Å². The van der Waals surface area contributed by atoms with Crippen LogP contribution in [0, 0.1) is 5.92 Å². The SMILES string of the molecule is CCCN(CCCCCN)CC1CC1. The monoisotopic (exact) mass is 198 g/mol. The molecule has 2 heteroatoms. The second kappa shape index (κ2) is 7.24. The van der Waals surface area contributed by atoms with Crippen LogP contribution in [0.4, 0.5) is 0 Å². The third kappa shape index (κ3) is 5.61. The summed E-state index contributed by atoms with van der Waals surface area (Å²) in [7, 11) is 0. The van der Waals surface area contributed by atoms with E-state index >= 15 is 0 Å². The summed E-state index contributed by atoms with van der Waals surface area (Å²) >= 11 is 0. The first kappa shape index (κ1) is 12.0. The van der Waals surface area contributed by atoms with Crippen molar-refractivity contribution in [1.82, 2.24) is 4.90 Å². The highest BCUT2D eigenvalue weighted by molar-refractivity contribution is 4.77. The number of nitrogens with zero attached hydrogens (tertiary/aromatic N) is 1. The quantitative estimate of drug-likeness (QED) is 0.576. The summed E-state index contributed by atoms with van der Waals surface area (Å²) in [6.07, 6.45) is 8.09. The van der Waals surface area contributed by atoms with Crippen LogP contribution in [0.5, 0.6) is 0 Å². The number of hydrogen-bond donors (Lipinski definition) is 1. The summed E-state index contributed by atoms with van der Waals surface area (Å²) < 4.78 is 0. The first-order valence-corrected chi connectivity index (χ1v) is 6.29. The lowest BCUT2D eigenvalue weighted by Crippen LogP contribution is -2.28. The Labute approximate surface area is 88.8 Å². The molecule has 1 aliphatic rings. The molecule has 0 aromatic carbocycles. The number of hydrogen-bond acceptors (Lipinski definition) is 2. The summed E-state index contributed by atoms with van der Waals surface area (Å²) in [5.74, 6) is 1.04. The van der Waals surface area contributed by atoms with E-state index in [0.29, 0.717) is 0 Å². The molecular weight excluding hydrogens is 172 g/mol. The fourth-order valence-electron chi connectivity index (χ4n) is 1.93. The lowest BCUT2D eigenvalue weighted by atomic mass is 10.2. The molecule has 0 amide bonds. The molecule has 1 saturated carbocycles. The van der Waals surface area contributed by atoms with Gasteiger partial charge in [0.1, 0.15) is 0 Å². The van der Waals surface area contributed by atoms with E-state index in [1.54, 1.807) is 0 Å². The van der Waals surface area contributed by atoms with Crippen molar-refractivity contribution in [2.75, 3.05) is 26.2 Å². The van der Waals surface area contributed by atoms with Crippen molar-refractivity contribution in [3.05, 3.63) is 0 Å². The predicted octanol–water partition coefficient (Wildman–Crippen LogP) is 2.24. The fourth-order valence-corrected chi connectivity index (χ4v) is 1.93. The Hall–Kier alpha value is -0.0800. The molecule has 0 bridgehead atoms. The van der Waals surface area contributed by atoms with Crippen molar-refractivity contribution in [2.45, 2.75) is 45.4 Å². The predicted molar refractivity (Wildman–Crippen MR) is 62.4 cm³/mol. The number of rotatable bonds is 9. The minimum atomic E-state index is 0.858. The highest BCUT2D eigenvalue weighted by atomic mass is 15.1. The topological polar surface area (TPSA) is 29.3 Å². The fraction of sp³-hybridized carbons (Fsp3) is 1.00. The Morgan fingerprint density at radius 2 is 1.93 bits per heavy atom. The average molecular weight is 198 g/mol. The van der Waals surface area contributed by atoms with E-state index in [1.807, 2.05) is 0 Å². The van der Waals surface area contributed by atoms with Crippen molar-refractivity contribution >= 4 is 0 Å². The van der Waals surface area contributed by atoms with E-state index in [4.69, 9.17) is 5.73 Å². The Bertz CT molecular complexity index is 132. The van der Waals surface area contributed by atoms with Gasteiger partial charge in [0.05, 0.1) is 0 Å². The molecule has 0 aromatic heterocycles. The van der Waals surface area contributed by atoms with Crippen LogP contribution in [0.2, 0.25) is 0 Å². The Kier molecular flexibility index (Phi) is 6.20. The van der Waals surface area contributed by atoms with Crippen molar-refractivity contribution in [1.29, 1.82) is 0 Å². The first-order valence-electron chi connectivity index (χ1n) is 6.29. The first-order chi connectivity index (χ1) is 6.86. The van der Waals surface area contributed by atoms with Crippen molar-refractivity contribution in [3.8, 4) is 0 Å². The Morgan fingerprint density at radius 3 is 2.50 bits per heavy atom. The zero-order chi connectivity index (χ0) is 10.2. The van der Waals surface area contributed by atoms with Crippen molar-refractivity contribution < 1.29 is 0 Å². The maximum Gasteiger partial charge on any atom is 0.000966 e. The molecule has 1 aliphatic carbocycles. The molecule has 0 unspecified atom stereocenters. The summed E-state index contributed by atoms with van der Waals surface area (Å²) in [5, 5.41) is 0. The van der Waals surface area contributed by atoms with Gasteiger partial charge in [-0.25, -0.2) is 0 Å². The lowest BCUT2D eigenvalue weighted by molar-refractivity contribution is 0.257. The Morgan fingerprint density at radius 1 is 1.14 bits per heavy atom. The van der Waals surface area contributed by atoms with Crippen molar-refractivity contribution in [3.63, 3.8) is 0 Å². The van der Waals surface area contributed by atoms with Crippen LogP contribution in [-0.2, 0) is 0 Å².